The van der Waals surface area contributed by atoms with Gasteiger partial charge in [0.2, 0.25) is 0 Å². The first kappa shape index (κ1) is 10.7. The van der Waals surface area contributed by atoms with Crippen LogP contribution in [0.1, 0.15) is 24.5 Å². The molecule has 2 aromatic heterocycles. The number of aromatic nitrogens is 4. The zero-order chi connectivity index (χ0) is 12.0. The zero-order valence-corrected chi connectivity index (χ0v) is 11.0. The zero-order valence-electron chi connectivity index (χ0n) is 9.39. The maximum absolute atomic E-state index is 5.92. The van der Waals surface area contributed by atoms with Crippen LogP contribution in [-0.2, 0) is 7.05 Å². The van der Waals surface area contributed by atoms with Crippen LogP contribution >= 0.6 is 15.9 Å². The van der Waals surface area contributed by atoms with E-state index in [1.165, 1.54) is 12.8 Å². The summed E-state index contributed by atoms with van der Waals surface area (Å²) < 4.78 is 2.73. The molecule has 0 bridgehead atoms. The number of anilines is 1. The summed E-state index contributed by atoms with van der Waals surface area (Å²) in [6.45, 7) is 0. The van der Waals surface area contributed by atoms with Crippen LogP contribution in [0, 0.1) is 0 Å². The molecule has 6 heteroatoms. The van der Waals surface area contributed by atoms with Crippen molar-refractivity contribution in [2.24, 2.45) is 7.05 Å². The van der Waals surface area contributed by atoms with Crippen molar-refractivity contribution in [3.8, 4) is 11.5 Å². The van der Waals surface area contributed by atoms with E-state index in [0.29, 0.717) is 17.6 Å². The monoisotopic (exact) mass is 293 g/mol. The number of nitrogens with two attached hydrogens (primary N) is 1. The molecule has 0 atom stereocenters. The Bertz CT molecular complexity index is 573. The van der Waals surface area contributed by atoms with E-state index in [1.54, 1.807) is 12.5 Å². The van der Waals surface area contributed by atoms with Crippen molar-refractivity contribution in [3.05, 3.63) is 22.7 Å². The van der Waals surface area contributed by atoms with Crippen molar-refractivity contribution in [2.45, 2.75) is 18.8 Å². The van der Waals surface area contributed by atoms with Gasteiger partial charge in [-0.15, -0.1) is 0 Å². The molecule has 3 rings (SSSR count). The quantitative estimate of drug-likeness (QED) is 0.921. The van der Waals surface area contributed by atoms with Crippen LogP contribution in [0.15, 0.2) is 17.0 Å². The Morgan fingerprint density at radius 1 is 1.41 bits per heavy atom. The van der Waals surface area contributed by atoms with E-state index in [4.69, 9.17) is 5.73 Å². The van der Waals surface area contributed by atoms with Gasteiger partial charge in [0.1, 0.15) is 11.5 Å². The minimum Gasteiger partial charge on any atom is -0.383 e. The molecule has 2 heterocycles. The van der Waals surface area contributed by atoms with Gasteiger partial charge < -0.3 is 10.3 Å². The average molecular weight is 294 g/mol. The lowest BCUT2D eigenvalue weighted by molar-refractivity contribution is 0.897. The van der Waals surface area contributed by atoms with Gasteiger partial charge in [0.25, 0.3) is 0 Å². The minimum absolute atomic E-state index is 0.498. The van der Waals surface area contributed by atoms with E-state index in [-0.39, 0.29) is 0 Å². The molecule has 17 heavy (non-hydrogen) atoms. The SMILES string of the molecule is Cn1cncc1-c1nc(N)c(Br)c(C2CC2)n1. The molecule has 5 nitrogen and oxygen atoms in total. The maximum Gasteiger partial charge on any atom is 0.180 e. The fourth-order valence-corrected chi connectivity index (χ4v) is 2.30. The van der Waals surface area contributed by atoms with Gasteiger partial charge in [-0.2, -0.15) is 0 Å². The van der Waals surface area contributed by atoms with Crippen molar-refractivity contribution in [1.29, 1.82) is 0 Å². The van der Waals surface area contributed by atoms with Gasteiger partial charge in [-0.1, -0.05) is 0 Å². The van der Waals surface area contributed by atoms with E-state index >= 15 is 0 Å². The standard InChI is InChI=1S/C11H12BrN5/c1-17-5-14-4-7(17)11-15-9(6-2-3-6)8(12)10(13)16-11/h4-6H,2-3H2,1H3,(H2,13,15,16). The van der Waals surface area contributed by atoms with Crippen LogP contribution < -0.4 is 5.73 Å². The van der Waals surface area contributed by atoms with Gasteiger partial charge in [0.15, 0.2) is 5.82 Å². The molecule has 0 aliphatic heterocycles. The second-order valence-electron chi connectivity index (χ2n) is 4.30. The lowest BCUT2D eigenvalue weighted by Crippen LogP contribution is -2.04. The van der Waals surface area contributed by atoms with Gasteiger partial charge in [-0.25, -0.2) is 15.0 Å². The molecule has 88 valence electrons. The van der Waals surface area contributed by atoms with Gasteiger partial charge in [-0.05, 0) is 28.8 Å². The molecular weight excluding hydrogens is 282 g/mol. The summed E-state index contributed by atoms with van der Waals surface area (Å²) in [6, 6.07) is 0. The summed E-state index contributed by atoms with van der Waals surface area (Å²) >= 11 is 3.46. The summed E-state index contributed by atoms with van der Waals surface area (Å²) in [5.74, 6) is 1.67. The Kier molecular flexibility index (Phi) is 2.39. The Morgan fingerprint density at radius 3 is 2.76 bits per heavy atom. The Labute approximate surface area is 107 Å². The third-order valence-corrected chi connectivity index (χ3v) is 3.72. The predicted octanol–water partition coefficient (Wildman–Crippen LogP) is 2.10. The number of rotatable bonds is 2. The maximum atomic E-state index is 5.92. The van der Waals surface area contributed by atoms with Crippen LogP contribution in [-0.4, -0.2) is 19.5 Å². The third kappa shape index (κ3) is 1.82. The normalized spacial score (nSPS) is 15.2. The minimum atomic E-state index is 0.498. The Hall–Kier alpha value is -1.43. The van der Waals surface area contributed by atoms with Crippen LogP contribution in [0.4, 0.5) is 5.82 Å². The topological polar surface area (TPSA) is 69.6 Å². The Balaban J connectivity index is 2.15. The highest BCUT2D eigenvalue weighted by Crippen LogP contribution is 2.43. The summed E-state index contributed by atoms with van der Waals surface area (Å²) in [4.78, 5) is 13.0. The lowest BCUT2D eigenvalue weighted by Gasteiger charge is -2.08. The van der Waals surface area contributed by atoms with E-state index in [9.17, 15) is 0 Å². The predicted molar refractivity (Wildman–Crippen MR) is 68.3 cm³/mol. The first-order chi connectivity index (χ1) is 8.16. The first-order valence-corrected chi connectivity index (χ1v) is 6.25. The molecule has 2 N–H and O–H groups in total. The largest absolute Gasteiger partial charge is 0.383 e. The fourth-order valence-electron chi connectivity index (χ4n) is 1.80. The van der Waals surface area contributed by atoms with Crippen molar-refractivity contribution in [1.82, 2.24) is 19.5 Å². The first-order valence-electron chi connectivity index (χ1n) is 5.46. The van der Waals surface area contributed by atoms with Crippen LogP contribution in [0.2, 0.25) is 0 Å². The van der Waals surface area contributed by atoms with Crippen molar-refractivity contribution in [3.63, 3.8) is 0 Å². The van der Waals surface area contributed by atoms with E-state index < -0.39 is 0 Å². The molecule has 0 saturated heterocycles. The molecule has 0 spiro atoms. The molecule has 0 amide bonds. The smallest absolute Gasteiger partial charge is 0.180 e. The number of nitrogen functional groups attached to an aromatic ring is 1. The molecule has 0 radical (unpaired) electrons. The van der Waals surface area contributed by atoms with Gasteiger partial charge in [-0.3, -0.25) is 0 Å². The number of hydrogen-bond donors (Lipinski definition) is 1. The number of nitrogens with zero attached hydrogens (tertiary/aromatic N) is 4. The van der Waals surface area contributed by atoms with Gasteiger partial charge >= 0.3 is 0 Å². The summed E-state index contributed by atoms with van der Waals surface area (Å²) in [6.07, 6.45) is 5.84. The summed E-state index contributed by atoms with van der Waals surface area (Å²) in [5, 5.41) is 0. The highest BCUT2D eigenvalue weighted by Gasteiger charge is 2.29. The van der Waals surface area contributed by atoms with Crippen molar-refractivity contribution < 1.29 is 0 Å². The fraction of sp³-hybridized carbons (Fsp3) is 0.364. The molecule has 1 fully saturated rings. The van der Waals surface area contributed by atoms with E-state index in [0.717, 1.165) is 15.9 Å². The number of aryl methyl sites for hydroxylation is 1. The van der Waals surface area contributed by atoms with Crippen molar-refractivity contribution in [2.75, 3.05) is 5.73 Å². The van der Waals surface area contributed by atoms with Crippen molar-refractivity contribution >= 4 is 21.7 Å². The molecule has 0 aromatic carbocycles. The Morgan fingerprint density at radius 2 is 2.18 bits per heavy atom. The van der Waals surface area contributed by atoms with Gasteiger partial charge in [0.05, 0.1) is 22.7 Å². The summed E-state index contributed by atoms with van der Waals surface area (Å²) in [5.41, 5.74) is 7.82. The molecule has 0 unspecified atom stereocenters. The number of imidazole rings is 1. The van der Waals surface area contributed by atoms with Crippen LogP contribution in [0.25, 0.3) is 11.5 Å². The average Bonchev–Trinajstić information content (AvgIpc) is 3.05. The lowest BCUT2D eigenvalue weighted by atomic mass is 10.2. The number of halogens is 1. The third-order valence-electron chi connectivity index (χ3n) is 2.91. The second kappa shape index (κ2) is 3.80. The van der Waals surface area contributed by atoms with Crippen LogP contribution in [0.3, 0.4) is 0 Å². The van der Waals surface area contributed by atoms with Gasteiger partial charge in [0, 0.05) is 13.0 Å². The van der Waals surface area contributed by atoms with Crippen LogP contribution in [0.5, 0.6) is 0 Å². The number of hydrogen-bond acceptors (Lipinski definition) is 4. The molecule has 2 aromatic rings. The van der Waals surface area contributed by atoms with E-state index in [1.807, 2.05) is 11.6 Å². The molecule has 1 aliphatic rings. The highest BCUT2D eigenvalue weighted by molar-refractivity contribution is 9.10. The molecule has 1 aliphatic carbocycles. The van der Waals surface area contributed by atoms with E-state index in [2.05, 4.69) is 30.9 Å². The second-order valence-corrected chi connectivity index (χ2v) is 5.09. The molecule has 1 saturated carbocycles. The molecular formula is C11H12BrN5. The highest BCUT2D eigenvalue weighted by atomic mass is 79.9. The summed E-state index contributed by atoms with van der Waals surface area (Å²) in [7, 11) is 1.92.